The van der Waals surface area contributed by atoms with Crippen molar-refractivity contribution in [2.75, 3.05) is 4.90 Å². The van der Waals surface area contributed by atoms with Crippen LogP contribution in [0.2, 0.25) is 0 Å². The minimum atomic E-state index is -0.814. The van der Waals surface area contributed by atoms with Crippen molar-refractivity contribution in [2.45, 2.75) is 19.0 Å². The third-order valence-electron chi connectivity index (χ3n) is 6.30. The number of hydrogen-bond donors (Lipinski definition) is 0. The Labute approximate surface area is 179 Å². The summed E-state index contributed by atoms with van der Waals surface area (Å²) in [5.74, 6) is -2.45. The van der Waals surface area contributed by atoms with Crippen molar-refractivity contribution < 1.29 is 14.4 Å². The predicted octanol–water partition coefficient (Wildman–Crippen LogP) is 3.01. The number of ketones is 1. The van der Waals surface area contributed by atoms with Crippen LogP contribution in [0.25, 0.3) is 0 Å². The van der Waals surface area contributed by atoms with E-state index >= 15 is 0 Å². The van der Waals surface area contributed by atoms with Crippen molar-refractivity contribution >= 4 is 23.3 Å². The zero-order valence-corrected chi connectivity index (χ0v) is 16.8. The second-order valence-electron chi connectivity index (χ2n) is 8.06. The van der Waals surface area contributed by atoms with Crippen molar-refractivity contribution in [3.63, 3.8) is 0 Å². The molecule has 0 N–H and O–H groups in total. The molecule has 0 aromatic heterocycles. The molecular weight excluding hydrogens is 390 g/mol. The fraction of sp³-hybridized carbons (Fsp3) is 0.200. The molecule has 2 fully saturated rings. The van der Waals surface area contributed by atoms with Crippen molar-refractivity contribution in [3.05, 3.63) is 89.6 Å². The maximum Gasteiger partial charge on any atom is 0.240 e. The lowest BCUT2D eigenvalue weighted by atomic mass is 9.86. The van der Waals surface area contributed by atoms with E-state index in [1.54, 1.807) is 59.7 Å². The SMILES string of the molecule is Cc1ccc(N2C(=O)C3C(C2=O)C(C(=O)c2ccccc2)N2C=CC(C#N)=CC32)cc1. The second kappa shape index (κ2) is 7.06. The number of fused-ring (bicyclic) bond motifs is 3. The second-order valence-corrected chi connectivity index (χ2v) is 8.06. The van der Waals surface area contributed by atoms with E-state index in [0.29, 0.717) is 16.8 Å². The van der Waals surface area contributed by atoms with Gasteiger partial charge in [-0.3, -0.25) is 14.4 Å². The first-order valence-electron chi connectivity index (χ1n) is 10.1. The molecular formula is C25H19N3O3. The number of anilines is 1. The molecule has 2 aromatic carbocycles. The molecule has 152 valence electrons. The van der Waals surface area contributed by atoms with Gasteiger partial charge in [0.25, 0.3) is 0 Å². The van der Waals surface area contributed by atoms with E-state index in [4.69, 9.17) is 0 Å². The van der Waals surface area contributed by atoms with Crippen LogP contribution in [-0.2, 0) is 9.59 Å². The van der Waals surface area contributed by atoms with Gasteiger partial charge in [-0.25, -0.2) is 4.90 Å². The summed E-state index contributed by atoms with van der Waals surface area (Å²) in [5, 5.41) is 9.36. The van der Waals surface area contributed by atoms with Gasteiger partial charge < -0.3 is 4.90 Å². The van der Waals surface area contributed by atoms with Crippen molar-refractivity contribution in [2.24, 2.45) is 11.8 Å². The number of nitriles is 1. The third kappa shape index (κ3) is 2.82. The first-order valence-corrected chi connectivity index (χ1v) is 10.1. The van der Waals surface area contributed by atoms with Gasteiger partial charge in [-0.05, 0) is 31.2 Å². The zero-order valence-electron chi connectivity index (χ0n) is 16.8. The standard InChI is InChI=1S/C25H19N3O3/c1-15-7-9-18(10-8-15)28-24(30)20-19-13-16(14-26)11-12-27(19)22(21(20)25(28)31)23(29)17-5-3-2-4-6-17/h2-13,19-22H,1H3. The fourth-order valence-corrected chi connectivity index (χ4v) is 4.84. The van der Waals surface area contributed by atoms with Gasteiger partial charge in [0.15, 0.2) is 5.78 Å². The minimum Gasteiger partial charge on any atom is -0.359 e. The summed E-state index contributed by atoms with van der Waals surface area (Å²) in [7, 11) is 0. The molecule has 0 spiro atoms. The Balaban J connectivity index is 1.61. The summed E-state index contributed by atoms with van der Waals surface area (Å²) >= 11 is 0. The first kappa shape index (κ1) is 19.0. The van der Waals surface area contributed by atoms with Crippen LogP contribution in [0.5, 0.6) is 0 Å². The van der Waals surface area contributed by atoms with Crippen LogP contribution in [0, 0.1) is 30.1 Å². The van der Waals surface area contributed by atoms with Gasteiger partial charge >= 0.3 is 0 Å². The molecule has 2 amide bonds. The molecule has 0 radical (unpaired) electrons. The lowest BCUT2D eigenvalue weighted by Gasteiger charge is -2.32. The third-order valence-corrected chi connectivity index (χ3v) is 6.30. The smallest absolute Gasteiger partial charge is 0.240 e. The average molecular weight is 409 g/mol. The monoisotopic (exact) mass is 409 g/mol. The number of imide groups is 1. The summed E-state index contributed by atoms with van der Waals surface area (Å²) in [5.41, 5.74) is 2.43. The Morgan fingerprint density at radius 2 is 1.65 bits per heavy atom. The Morgan fingerprint density at radius 1 is 0.968 bits per heavy atom. The number of rotatable bonds is 3. The van der Waals surface area contributed by atoms with Crippen LogP contribution in [0.3, 0.4) is 0 Å². The molecule has 0 bridgehead atoms. The number of nitrogens with zero attached hydrogens (tertiary/aromatic N) is 3. The van der Waals surface area contributed by atoms with E-state index in [1.807, 2.05) is 25.1 Å². The van der Waals surface area contributed by atoms with Crippen LogP contribution in [0.4, 0.5) is 5.69 Å². The molecule has 2 saturated heterocycles. The number of carbonyl (C=O) groups is 3. The van der Waals surface area contributed by atoms with Gasteiger partial charge in [0, 0.05) is 11.8 Å². The predicted molar refractivity (Wildman–Crippen MR) is 114 cm³/mol. The van der Waals surface area contributed by atoms with Crippen molar-refractivity contribution in [1.29, 1.82) is 5.26 Å². The lowest BCUT2D eigenvalue weighted by Crippen LogP contribution is -2.46. The number of aryl methyl sites for hydroxylation is 1. The van der Waals surface area contributed by atoms with E-state index in [9.17, 15) is 19.6 Å². The van der Waals surface area contributed by atoms with E-state index in [-0.39, 0.29) is 17.6 Å². The van der Waals surface area contributed by atoms with Gasteiger partial charge in [0.2, 0.25) is 11.8 Å². The van der Waals surface area contributed by atoms with Crippen LogP contribution >= 0.6 is 0 Å². The van der Waals surface area contributed by atoms with Gasteiger partial charge in [-0.1, -0.05) is 48.0 Å². The van der Waals surface area contributed by atoms with Crippen molar-refractivity contribution in [3.8, 4) is 6.07 Å². The Morgan fingerprint density at radius 3 is 2.32 bits per heavy atom. The molecule has 0 saturated carbocycles. The van der Waals surface area contributed by atoms with E-state index in [2.05, 4.69) is 6.07 Å². The Bertz CT molecular complexity index is 1190. The molecule has 3 aliphatic rings. The topological polar surface area (TPSA) is 81.5 Å². The number of Topliss-reactive ketones (excluding diaryl/α,β-unsaturated/α-hetero) is 1. The maximum absolute atomic E-state index is 13.5. The number of amides is 2. The number of allylic oxidation sites excluding steroid dienone is 2. The summed E-state index contributed by atoms with van der Waals surface area (Å²) in [4.78, 5) is 43.5. The average Bonchev–Trinajstić information content (AvgIpc) is 3.26. The van der Waals surface area contributed by atoms with Gasteiger partial charge in [-0.15, -0.1) is 0 Å². The lowest BCUT2D eigenvalue weighted by molar-refractivity contribution is -0.123. The Kier molecular flexibility index (Phi) is 4.33. The molecule has 0 aliphatic carbocycles. The van der Waals surface area contributed by atoms with E-state index in [0.717, 1.165) is 5.56 Å². The molecule has 4 atom stereocenters. The number of carbonyl (C=O) groups excluding carboxylic acids is 3. The summed E-state index contributed by atoms with van der Waals surface area (Å²) in [6.45, 7) is 1.93. The van der Waals surface area contributed by atoms with Gasteiger partial charge in [0.1, 0.15) is 6.04 Å². The number of hydrogen-bond acceptors (Lipinski definition) is 5. The highest BCUT2D eigenvalue weighted by Crippen LogP contribution is 2.47. The first-order chi connectivity index (χ1) is 15.0. The molecule has 6 nitrogen and oxygen atoms in total. The van der Waals surface area contributed by atoms with E-state index < -0.39 is 23.9 Å². The summed E-state index contributed by atoms with van der Waals surface area (Å²) in [6, 6.07) is 16.8. The normalized spacial score (nSPS) is 26.4. The highest BCUT2D eigenvalue weighted by Gasteiger charge is 2.63. The highest BCUT2D eigenvalue weighted by molar-refractivity contribution is 6.24. The van der Waals surface area contributed by atoms with Crippen LogP contribution in [-0.4, -0.2) is 34.6 Å². The highest BCUT2D eigenvalue weighted by atomic mass is 16.2. The van der Waals surface area contributed by atoms with Crippen LogP contribution in [0.15, 0.2) is 78.5 Å². The number of benzene rings is 2. The summed E-state index contributed by atoms with van der Waals surface area (Å²) < 4.78 is 0. The van der Waals surface area contributed by atoms with Crippen molar-refractivity contribution in [1.82, 2.24) is 4.90 Å². The Hall–Kier alpha value is -3.98. The van der Waals surface area contributed by atoms with Crippen LogP contribution < -0.4 is 4.90 Å². The largest absolute Gasteiger partial charge is 0.359 e. The quantitative estimate of drug-likeness (QED) is 0.575. The minimum absolute atomic E-state index is 0.205. The molecule has 31 heavy (non-hydrogen) atoms. The molecule has 3 aliphatic heterocycles. The molecule has 5 rings (SSSR count). The van der Waals surface area contributed by atoms with Gasteiger partial charge in [0.05, 0.1) is 35.2 Å². The maximum atomic E-state index is 13.5. The zero-order chi connectivity index (χ0) is 21.7. The summed E-state index contributed by atoms with van der Waals surface area (Å²) in [6.07, 6.45) is 4.99. The van der Waals surface area contributed by atoms with E-state index in [1.165, 1.54) is 4.90 Å². The van der Waals surface area contributed by atoms with Crippen LogP contribution in [0.1, 0.15) is 15.9 Å². The van der Waals surface area contributed by atoms with Gasteiger partial charge in [-0.2, -0.15) is 5.26 Å². The molecule has 6 heteroatoms. The molecule has 4 unspecified atom stereocenters. The molecule has 2 aromatic rings. The fourth-order valence-electron chi connectivity index (χ4n) is 4.84. The molecule has 3 heterocycles.